The molecular weight excluding hydrogens is 638 g/mol. The molecule has 0 atom stereocenters. The van der Waals surface area contributed by atoms with E-state index in [0.717, 1.165) is 40.3 Å². The van der Waals surface area contributed by atoms with Crippen LogP contribution in [-0.4, -0.2) is 22.4 Å². The van der Waals surface area contributed by atoms with E-state index in [2.05, 4.69) is 101 Å². The Morgan fingerprint density at radius 2 is 1.40 bits per heavy atom. The number of aliphatic imine (C=N–C) groups is 1. The maximum atomic E-state index is 13.6. The second kappa shape index (κ2) is 15.4. The van der Waals surface area contributed by atoms with Gasteiger partial charge in [0.25, 0.3) is 0 Å². The van der Waals surface area contributed by atoms with Crippen molar-refractivity contribution in [3.05, 3.63) is 70.8 Å². The van der Waals surface area contributed by atoms with Crippen molar-refractivity contribution >= 4 is 34.3 Å². The molecule has 0 amide bonds. The number of carboxylic acids is 1. The zero-order valence-corrected chi connectivity index (χ0v) is 31.3. The summed E-state index contributed by atoms with van der Waals surface area (Å²) in [6.45, 7) is 28.4. The van der Waals surface area contributed by atoms with E-state index in [4.69, 9.17) is 29.6 Å². The smallest absolute Gasteiger partial charge is 0.550 e. The monoisotopic (exact) mass is 687 g/mol. The number of rotatable bonds is 2. The van der Waals surface area contributed by atoms with Gasteiger partial charge in [-0.25, -0.2) is 9.98 Å². The normalized spacial score (nSPS) is 14.5. The fraction of sp³-hybridized carbons (Fsp3) is 0.462. The summed E-state index contributed by atoms with van der Waals surface area (Å²) in [5.41, 5.74) is 7.19. The van der Waals surface area contributed by atoms with E-state index in [1.165, 1.54) is 12.5 Å². The molecule has 4 rings (SSSR count). The van der Waals surface area contributed by atoms with E-state index in [1.54, 1.807) is 6.07 Å². The summed E-state index contributed by atoms with van der Waals surface area (Å²) >= 11 is 0. The van der Waals surface area contributed by atoms with Crippen molar-refractivity contribution in [1.82, 2.24) is 4.98 Å². The summed E-state index contributed by atoms with van der Waals surface area (Å²) in [5.74, 6) is -0.607. The second-order valence-electron chi connectivity index (χ2n) is 15.6. The van der Waals surface area contributed by atoms with Crippen LogP contribution in [-0.2, 0) is 37.5 Å². The predicted octanol–water partition coefficient (Wildman–Crippen LogP) is 8.97. The van der Waals surface area contributed by atoms with E-state index >= 15 is 0 Å². The molecule has 0 radical (unpaired) electrons. The number of Topliss-reactive ketones (excluding diaryl/α,β-unsaturated/α-hetero) is 1. The molecule has 0 aliphatic heterocycles. The van der Waals surface area contributed by atoms with Crippen LogP contribution >= 0.6 is 0 Å². The van der Waals surface area contributed by atoms with Crippen LogP contribution in [0.5, 0.6) is 0 Å². The van der Waals surface area contributed by atoms with Gasteiger partial charge >= 0.3 is 17.1 Å². The van der Waals surface area contributed by atoms with Gasteiger partial charge in [0.05, 0.1) is 17.3 Å². The number of benzene rings is 2. The van der Waals surface area contributed by atoms with Crippen LogP contribution in [0.1, 0.15) is 108 Å². The van der Waals surface area contributed by atoms with Gasteiger partial charge in [0.1, 0.15) is 11.2 Å². The molecule has 1 aromatic heterocycles. The molecule has 0 saturated carbocycles. The fourth-order valence-electron chi connectivity index (χ4n) is 4.71. The number of para-hydroxylation sites is 1. The SMILES string of the molecule is CC#N.CC(=O)[O-].CC(C)(C)C1=CC(=Nc2ccccc2-c2nc3cc(C(C)(C)C)cc(C(C)(C)C)c3o2)C(=O)C(C(C)(C)C)=C1.[Cu+]. The molecule has 0 saturated heterocycles. The van der Waals surface area contributed by atoms with Crippen LogP contribution < -0.4 is 5.11 Å². The maximum Gasteiger partial charge on any atom is 1.00 e. The molecule has 0 fully saturated rings. The Morgan fingerprint density at radius 3 is 1.87 bits per heavy atom. The summed E-state index contributed by atoms with van der Waals surface area (Å²) in [7, 11) is 0. The number of hydrogen-bond acceptors (Lipinski definition) is 7. The number of oxazole rings is 1. The summed E-state index contributed by atoms with van der Waals surface area (Å²) < 4.78 is 6.49. The molecule has 256 valence electrons. The number of carboxylic acid groups (broad SMARTS) is 1. The van der Waals surface area contributed by atoms with E-state index in [0.29, 0.717) is 17.3 Å². The second-order valence-corrected chi connectivity index (χ2v) is 15.6. The fourth-order valence-corrected chi connectivity index (χ4v) is 4.71. The van der Waals surface area contributed by atoms with Crippen LogP contribution in [0, 0.1) is 22.2 Å². The van der Waals surface area contributed by atoms with Gasteiger partial charge < -0.3 is 14.3 Å². The van der Waals surface area contributed by atoms with Gasteiger partial charge in [0.15, 0.2) is 5.58 Å². The van der Waals surface area contributed by atoms with E-state index in [9.17, 15) is 4.79 Å². The number of allylic oxidation sites excluding steroid dienone is 4. The zero-order valence-electron chi connectivity index (χ0n) is 30.4. The van der Waals surface area contributed by atoms with Crippen molar-refractivity contribution in [1.29, 1.82) is 5.26 Å². The van der Waals surface area contributed by atoms with Crippen LogP contribution in [0.25, 0.3) is 22.6 Å². The Kier molecular flexibility index (Phi) is 13.5. The Bertz CT molecular complexity index is 1740. The molecule has 0 unspecified atom stereocenters. The van der Waals surface area contributed by atoms with Crippen LogP contribution in [0.3, 0.4) is 0 Å². The molecule has 0 spiro atoms. The van der Waals surface area contributed by atoms with Crippen molar-refractivity contribution in [2.45, 2.75) is 108 Å². The van der Waals surface area contributed by atoms with Gasteiger partial charge in [0.2, 0.25) is 11.7 Å². The van der Waals surface area contributed by atoms with Crippen LogP contribution in [0.15, 0.2) is 69.1 Å². The predicted molar refractivity (Wildman–Crippen MR) is 186 cm³/mol. The van der Waals surface area contributed by atoms with E-state index < -0.39 is 5.97 Å². The number of carbonyl (C=O) groups is 2. The number of aliphatic carboxylic acids is 1. The molecule has 8 heteroatoms. The molecule has 1 aliphatic carbocycles. The minimum atomic E-state index is -1.08. The summed E-state index contributed by atoms with van der Waals surface area (Å²) in [5, 5.41) is 16.2. The zero-order chi connectivity index (χ0) is 35.4. The minimum Gasteiger partial charge on any atom is -0.550 e. The number of nitrogens with zero attached hydrogens (tertiary/aromatic N) is 3. The van der Waals surface area contributed by atoms with Crippen molar-refractivity contribution in [3.8, 4) is 17.5 Å². The van der Waals surface area contributed by atoms with Gasteiger partial charge in [-0.15, -0.1) is 0 Å². The van der Waals surface area contributed by atoms with Crippen molar-refractivity contribution < 1.29 is 36.2 Å². The molecule has 3 aromatic rings. The largest absolute Gasteiger partial charge is 1.00 e. The number of ketones is 1. The van der Waals surface area contributed by atoms with Crippen LogP contribution in [0.4, 0.5) is 5.69 Å². The Labute approximate surface area is 291 Å². The molecule has 7 nitrogen and oxygen atoms in total. The van der Waals surface area contributed by atoms with Gasteiger partial charge in [-0.3, -0.25) is 4.79 Å². The maximum absolute atomic E-state index is 13.6. The molecule has 2 aromatic carbocycles. The van der Waals surface area contributed by atoms with Gasteiger partial charge in [0, 0.05) is 24.0 Å². The van der Waals surface area contributed by atoms with E-state index in [1.807, 2.05) is 30.3 Å². The summed E-state index contributed by atoms with van der Waals surface area (Å²) in [6.07, 6.45) is 3.99. The number of aromatic nitrogens is 1. The Hall–Kier alpha value is -3.79. The first kappa shape index (κ1) is 41.2. The number of nitriles is 1. The summed E-state index contributed by atoms with van der Waals surface area (Å²) in [6, 6.07) is 13.9. The Balaban J connectivity index is 0.00000126. The molecule has 47 heavy (non-hydrogen) atoms. The molecule has 0 N–H and O–H groups in total. The average Bonchev–Trinajstić information content (AvgIpc) is 3.31. The van der Waals surface area contributed by atoms with E-state index in [-0.39, 0.29) is 44.5 Å². The first-order valence-electron chi connectivity index (χ1n) is 15.5. The van der Waals surface area contributed by atoms with Crippen molar-refractivity contribution in [2.24, 2.45) is 15.8 Å². The standard InChI is InChI=1S/C35H44N2O2.C2H3N.C2H4O2.Cu/c1-32(2,3)21-17-24(34(7,8)9)29(38)27(19-21)36-26-16-14-13-15-23(26)31-37-28-20-22(33(4,5)6)18-25(30(28)39-31)35(10,11)12;1-2-3;1-2(3)4;/h13-20H,1-12H3;1H3;1H3,(H,3,4);/q;;;+1/p-1. The third kappa shape index (κ3) is 10.9. The van der Waals surface area contributed by atoms with Crippen LogP contribution in [0.2, 0.25) is 0 Å². The number of hydrogen-bond donors (Lipinski definition) is 0. The molecule has 0 bridgehead atoms. The first-order chi connectivity index (χ1) is 20.9. The molecule has 1 heterocycles. The summed E-state index contributed by atoms with van der Waals surface area (Å²) in [4.78, 5) is 32.4. The third-order valence-corrected chi connectivity index (χ3v) is 7.28. The van der Waals surface area contributed by atoms with Gasteiger partial charge in [-0.1, -0.05) is 107 Å². The molecular formula is C39H50CuN3O4. The topological polar surface area (TPSA) is 119 Å². The molecule has 1 aliphatic rings. The quantitative estimate of drug-likeness (QED) is 0.196. The van der Waals surface area contributed by atoms with Crippen molar-refractivity contribution in [3.63, 3.8) is 0 Å². The minimum absolute atomic E-state index is 0. The van der Waals surface area contributed by atoms with Crippen molar-refractivity contribution in [2.75, 3.05) is 0 Å². The van der Waals surface area contributed by atoms with Gasteiger partial charge in [-0.2, -0.15) is 5.26 Å². The first-order valence-corrected chi connectivity index (χ1v) is 15.5. The number of fused-ring (bicyclic) bond motifs is 1. The average molecular weight is 688 g/mol. The third-order valence-electron chi connectivity index (χ3n) is 7.28. The van der Waals surface area contributed by atoms with Gasteiger partial charge in [-0.05, 0) is 64.0 Å². The Morgan fingerprint density at radius 1 is 0.872 bits per heavy atom. The number of carbonyl (C=O) groups excluding carboxylic acids is 2.